The Balaban J connectivity index is 1.74. The number of ether oxygens (including phenoxy) is 2. The maximum absolute atomic E-state index is 12.1. The third-order valence-corrected chi connectivity index (χ3v) is 4.98. The van der Waals surface area contributed by atoms with Crippen LogP contribution in [0.2, 0.25) is 5.02 Å². The molecule has 0 spiro atoms. The van der Waals surface area contributed by atoms with E-state index >= 15 is 0 Å². The second-order valence-corrected chi connectivity index (χ2v) is 7.65. The number of carbonyl (C=O) groups excluding carboxylic acids is 4. The van der Waals surface area contributed by atoms with Crippen LogP contribution in [-0.2, 0) is 23.9 Å². The van der Waals surface area contributed by atoms with Crippen LogP contribution in [0.4, 0.5) is 11.4 Å². The second kappa shape index (κ2) is 13.2. The number of esters is 2. The number of anilines is 2. The SMILES string of the molecule is CCCCOC(=O)c1cccc(NC(=O)CCC(=O)OCC(=O)Nc2cccc(Cl)c2C)c1. The van der Waals surface area contributed by atoms with Crippen molar-refractivity contribution in [2.45, 2.75) is 39.5 Å². The summed E-state index contributed by atoms with van der Waals surface area (Å²) in [5, 5.41) is 5.75. The number of hydrogen-bond donors (Lipinski definition) is 2. The van der Waals surface area contributed by atoms with E-state index in [0.29, 0.717) is 34.1 Å². The Morgan fingerprint density at radius 2 is 1.70 bits per heavy atom. The average molecular weight is 475 g/mol. The first kappa shape index (κ1) is 25.9. The van der Waals surface area contributed by atoms with E-state index in [1.807, 2.05) is 6.92 Å². The summed E-state index contributed by atoms with van der Waals surface area (Å²) in [6.07, 6.45) is 1.35. The maximum atomic E-state index is 12.1. The Morgan fingerprint density at radius 3 is 2.45 bits per heavy atom. The topological polar surface area (TPSA) is 111 Å². The van der Waals surface area contributed by atoms with E-state index < -0.39 is 30.4 Å². The van der Waals surface area contributed by atoms with Gasteiger partial charge in [-0.3, -0.25) is 14.4 Å². The van der Waals surface area contributed by atoms with Crippen molar-refractivity contribution in [3.8, 4) is 0 Å². The largest absolute Gasteiger partial charge is 0.462 e. The molecule has 0 aromatic heterocycles. The monoisotopic (exact) mass is 474 g/mol. The molecule has 0 unspecified atom stereocenters. The van der Waals surface area contributed by atoms with E-state index in [2.05, 4.69) is 10.6 Å². The van der Waals surface area contributed by atoms with Gasteiger partial charge in [-0.05, 0) is 49.2 Å². The molecule has 8 nitrogen and oxygen atoms in total. The van der Waals surface area contributed by atoms with E-state index in [1.165, 1.54) is 6.07 Å². The Kier molecular flexibility index (Phi) is 10.4. The quantitative estimate of drug-likeness (QED) is 0.366. The van der Waals surface area contributed by atoms with E-state index in [-0.39, 0.29) is 12.8 Å². The van der Waals surface area contributed by atoms with Crippen LogP contribution < -0.4 is 10.6 Å². The van der Waals surface area contributed by atoms with Gasteiger partial charge in [0.25, 0.3) is 5.91 Å². The van der Waals surface area contributed by atoms with E-state index in [9.17, 15) is 19.2 Å². The van der Waals surface area contributed by atoms with Gasteiger partial charge in [0.05, 0.1) is 18.6 Å². The summed E-state index contributed by atoms with van der Waals surface area (Å²) in [7, 11) is 0. The molecule has 0 aliphatic rings. The molecule has 9 heteroatoms. The minimum absolute atomic E-state index is 0.140. The smallest absolute Gasteiger partial charge is 0.338 e. The summed E-state index contributed by atoms with van der Waals surface area (Å²) in [5.74, 6) is -2.09. The zero-order valence-corrected chi connectivity index (χ0v) is 19.4. The molecule has 176 valence electrons. The Bertz CT molecular complexity index is 1010. The van der Waals surface area contributed by atoms with Crippen LogP contribution in [0.1, 0.15) is 48.5 Å². The molecule has 0 atom stereocenters. The molecule has 2 aromatic carbocycles. The number of halogens is 1. The Morgan fingerprint density at radius 1 is 0.939 bits per heavy atom. The lowest BCUT2D eigenvalue weighted by molar-refractivity contribution is -0.147. The lowest BCUT2D eigenvalue weighted by Gasteiger charge is -2.10. The average Bonchev–Trinajstić information content (AvgIpc) is 2.79. The van der Waals surface area contributed by atoms with E-state index in [1.54, 1.807) is 43.3 Å². The molecule has 2 rings (SSSR count). The third kappa shape index (κ3) is 8.94. The van der Waals surface area contributed by atoms with Gasteiger partial charge in [-0.15, -0.1) is 0 Å². The number of amides is 2. The highest BCUT2D eigenvalue weighted by atomic mass is 35.5. The second-order valence-electron chi connectivity index (χ2n) is 7.24. The lowest BCUT2D eigenvalue weighted by Crippen LogP contribution is -2.22. The van der Waals surface area contributed by atoms with Crippen LogP contribution >= 0.6 is 11.6 Å². The minimum atomic E-state index is -0.684. The summed E-state index contributed by atoms with van der Waals surface area (Å²) in [6, 6.07) is 11.4. The number of carbonyl (C=O) groups is 4. The highest BCUT2D eigenvalue weighted by Crippen LogP contribution is 2.22. The van der Waals surface area contributed by atoms with Crippen LogP contribution in [-0.4, -0.2) is 37.0 Å². The first-order valence-corrected chi connectivity index (χ1v) is 11.0. The molecular formula is C24H27ClN2O6. The fraction of sp³-hybridized carbons (Fsp3) is 0.333. The molecule has 0 saturated heterocycles. The Labute approximate surface area is 197 Å². The minimum Gasteiger partial charge on any atom is -0.462 e. The molecule has 0 saturated carbocycles. The molecule has 2 aromatic rings. The van der Waals surface area contributed by atoms with Gasteiger partial charge in [-0.1, -0.05) is 37.1 Å². The molecule has 0 fully saturated rings. The molecule has 33 heavy (non-hydrogen) atoms. The number of unbranched alkanes of at least 4 members (excludes halogenated alkanes) is 1. The van der Waals surface area contributed by atoms with Crippen LogP contribution in [0.25, 0.3) is 0 Å². The summed E-state index contributed by atoms with van der Waals surface area (Å²) in [4.78, 5) is 48.0. The van der Waals surface area contributed by atoms with Gasteiger partial charge in [0.15, 0.2) is 6.61 Å². The van der Waals surface area contributed by atoms with Crippen molar-refractivity contribution in [2.75, 3.05) is 23.8 Å². The van der Waals surface area contributed by atoms with Crippen LogP contribution in [0.5, 0.6) is 0 Å². The highest BCUT2D eigenvalue weighted by Gasteiger charge is 2.13. The number of benzene rings is 2. The lowest BCUT2D eigenvalue weighted by atomic mass is 10.2. The number of hydrogen-bond acceptors (Lipinski definition) is 6. The Hall–Kier alpha value is -3.39. The predicted octanol–water partition coefficient (Wildman–Crippen LogP) is 4.51. The molecule has 0 aliphatic carbocycles. The van der Waals surface area contributed by atoms with E-state index in [0.717, 1.165) is 12.8 Å². The molecule has 0 heterocycles. The molecule has 0 bridgehead atoms. The molecular weight excluding hydrogens is 448 g/mol. The van der Waals surface area contributed by atoms with Crippen LogP contribution in [0.15, 0.2) is 42.5 Å². The van der Waals surface area contributed by atoms with Crippen molar-refractivity contribution in [3.05, 3.63) is 58.6 Å². The summed E-state index contributed by atoms with van der Waals surface area (Å²) in [6.45, 7) is 3.61. The number of rotatable bonds is 11. The van der Waals surface area contributed by atoms with Crippen molar-refractivity contribution in [1.82, 2.24) is 0 Å². The standard InChI is InChI=1S/C24H27ClN2O6/c1-3-4-13-32-24(31)17-7-5-8-18(14-17)26-21(28)11-12-23(30)33-15-22(29)27-20-10-6-9-19(25)16(20)2/h5-10,14H,3-4,11-13,15H2,1-2H3,(H,26,28)(H,27,29). The fourth-order valence-corrected chi connectivity index (χ4v) is 2.88. The highest BCUT2D eigenvalue weighted by molar-refractivity contribution is 6.31. The van der Waals surface area contributed by atoms with Gasteiger partial charge >= 0.3 is 11.9 Å². The van der Waals surface area contributed by atoms with Crippen molar-refractivity contribution in [3.63, 3.8) is 0 Å². The zero-order chi connectivity index (χ0) is 24.2. The normalized spacial score (nSPS) is 10.3. The van der Waals surface area contributed by atoms with Gasteiger partial charge < -0.3 is 20.1 Å². The fourth-order valence-electron chi connectivity index (χ4n) is 2.70. The first-order chi connectivity index (χ1) is 15.8. The molecule has 2 N–H and O–H groups in total. The van der Waals surface area contributed by atoms with Crippen molar-refractivity contribution in [1.29, 1.82) is 0 Å². The summed E-state index contributed by atoms with van der Waals surface area (Å²) < 4.78 is 10.1. The molecule has 2 amide bonds. The predicted molar refractivity (Wildman–Crippen MR) is 125 cm³/mol. The van der Waals surface area contributed by atoms with Gasteiger partial charge in [0.2, 0.25) is 5.91 Å². The maximum Gasteiger partial charge on any atom is 0.338 e. The van der Waals surface area contributed by atoms with Crippen LogP contribution in [0.3, 0.4) is 0 Å². The molecule has 0 radical (unpaired) electrons. The third-order valence-electron chi connectivity index (χ3n) is 4.58. The van der Waals surface area contributed by atoms with Gasteiger partial charge in [0, 0.05) is 22.8 Å². The van der Waals surface area contributed by atoms with Gasteiger partial charge in [-0.2, -0.15) is 0 Å². The van der Waals surface area contributed by atoms with Gasteiger partial charge in [0.1, 0.15) is 0 Å². The van der Waals surface area contributed by atoms with E-state index in [4.69, 9.17) is 21.1 Å². The first-order valence-electron chi connectivity index (χ1n) is 10.6. The van der Waals surface area contributed by atoms with Gasteiger partial charge in [-0.25, -0.2) is 4.79 Å². The number of nitrogens with one attached hydrogen (secondary N) is 2. The van der Waals surface area contributed by atoms with Crippen molar-refractivity contribution < 1.29 is 28.7 Å². The summed E-state index contributed by atoms with van der Waals surface area (Å²) >= 11 is 6.01. The van der Waals surface area contributed by atoms with Crippen molar-refractivity contribution in [2.24, 2.45) is 0 Å². The zero-order valence-electron chi connectivity index (χ0n) is 18.6. The van der Waals surface area contributed by atoms with Crippen molar-refractivity contribution >= 4 is 46.7 Å². The summed E-state index contributed by atoms with van der Waals surface area (Å²) in [5.41, 5.74) is 1.96. The molecule has 0 aliphatic heterocycles. The van der Waals surface area contributed by atoms with Crippen LogP contribution in [0, 0.1) is 6.92 Å².